The van der Waals surface area contributed by atoms with Gasteiger partial charge in [0.1, 0.15) is 5.82 Å². The van der Waals surface area contributed by atoms with E-state index in [4.69, 9.17) is 5.73 Å². The number of hydrogen-bond acceptors (Lipinski definition) is 4. The molecule has 0 atom stereocenters. The summed E-state index contributed by atoms with van der Waals surface area (Å²) < 4.78 is 0. The zero-order valence-electron chi connectivity index (χ0n) is 16.8. The fraction of sp³-hybridized carbons (Fsp3) is 0.524. The average Bonchev–Trinajstić information content (AvgIpc) is 3.00. The van der Waals surface area contributed by atoms with Crippen LogP contribution in [0.25, 0.3) is 10.9 Å². The van der Waals surface area contributed by atoms with Gasteiger partial charge in [0.15, 0.2) is 0 Å². The molecule has 28 heavy (non-hydrogen) atoms. The number of nitrogen functional groups attached to an aromatic ring is 1. The van der Waals surface area contributed by atoms with Gasteiger partial charge < -0.3 is 26.0 Å². The minimum absolute atomic E-state index is 0.0892. The maximum absolute atomic E-state index is 12.8. The Hall–Kier alpha value is -2.54. The first-order valence-electron chi connectivity index (χ1n) is 9.87. The molecule has 1 aliphatic carbocycles. The van der Waals surface area contributed by atoms with E-state index in [1.54, 1.807) is 31.9 Å². The number of carbonyl (C=O) groups excluding carboxylic acids is 2. The third kappa shape index (κ3) is 4.30. The van der Waals surface area contributed by atoms with E-state index >= 15 is 0 Å². The van der Waals surface area contributed by atoms with Crippen molar-refractivity contribution >= 4 is 34.2 Å². The molecular weight excluding hydrogens is 356 g/mol. The van der Waals surface area contributed by atoms with Crippen molar-refractivity contribution in [3.63, 3.8) is 0 Å². The zero-order valence-corrected chi connectivity index (χ0v) is 16.8. The Morgan fingerprint density at radius 3 is 2.61 bits per heavy atom. The lowest BCUT2D eigenvalue weighted by Gasteiger charge is -2.26. The molecule has 0 bridgehead atoms. The summed E-state index contributed by atoms with van der Waals surface area (Å²) in [4.78, 5) is 30.1. The van der Waals surface area contributed by atoms with E-state index in [-0.39, 0.29) is 30.1 Å². The molecule has 3 rings (SSSR count). The molecule has 0 unspecified atom stereocenters. The molecule has 2 amide bonds. The van der Waals surface area contributed by atoms with E-state index in [1.165, 1.54) is 6.42 Å². The van der Waals surface area contributed by atoms with Crippen molar-refractivity contribution in [2.45, 2.75) is 51.6 Å². The summed E-state index contributed by atoms with van der Waals surface area (Å²) in [7, 11) is 1.79. The van der Waals surface area contributed by atoms with Crippen LogP contribution in [0.15, 0.2) is 18.2 Å². The Balaban J connectivity index is 1.82. The van der Waals surface area contributed by atoms with Crippen molar-refractivity contribution in [1.29, 1.82) is 0 Å². The van der Waals surface area contributed by atoms with Gasteiger partial charge in [0, 0.05) is 36.1 Å². The SMILES string of the molecule is CN(C(=O)C1CCCCC1)c1ccc2c(C(=O)NCC(C)(C)O)c(N)[nH]c2c1. The number of fused-ring (bicyclic) bond motifs is 1. The maximum Gasteiger partial charge on any atom is 0.255 e. The Bertz CT molecular complexity index is 876. The number of aromatic nitrogens is 1. The molecule has 1 heterocycles. The van der Waals surface area contributed by atoms with Gasteiger partial charge >= 0.3 is 0 Å². The topological polar surface area (TPSA) is 111 Å². The highest BCUT2D eigenvalue weighted by molar-refractivity contribution is 6.12. The summed E-state index contributed by atoms with van der Waals surface area (Å²) >= 11 is 0. The maximum atomic E-state index is 12.8. The molecule has 2 aromatic rings. The van der Waals surface area contributed by atoms with Gasteiger partial charge in [0.2, 0.25) is 5.91 Å². The van der Waals surface area contributed by atoms with Crippen molar-refractivity contribution in [2.24, 2.45) is 5.92 Å². The van der Waals surface area contributed by atoms with Crippen LogP contribution in [-0.2, 0) is 4.79 Å². The first-order valence-corrected chi connectivity index (χ1v) is 9.87. The van der Waals surface area contributed by atoms with Gasteiger partial charge in [-0.15, -0.1) is 0 Å². The van der Waals surface area contributed by atoms with Crippen LogP contribution < -0.4 is 16.0 Å². The summed E-state index contributed by atoms with van der Waals surface area (Å²) in [5.41, 5.74) is 6.85. The number of nitrogens with one attached hydrogen (secondary N) is 2. The van der Waals surface area contributed by atoms with Crippen LogP contribution in [0.2, 0.25) is 0 Å². The fourth-order valence-electron chi connectivity index (χ4n) is 3.80. The Kier molecular flexibility index (Phi) is 5.65. The van der Waals surface area contributed by atoms with E-state index in [1.807, 2.05) is 12.1 Å². The van der Waals surface area contributed by atoms with Crippen LogP contribution >= 0.6 is 0 Å². The van der Waals surface area contributed by atoms with Crippen molar-refractivity contribution in [2.75, 3.05) is 24.2 Å². The summed E-state index contributed by atoms with van der Waals surface area (Å²) in [5, 5.41) is 13.2. The third-order valence-electron chi connectivity index (χ3n) is 5.39. The molecular formula is C21H30N4O3. The average molecular weight is 386 g/mol. The van der Waals surface area contributed by atoms with Crippen molar-refractivity contribution in [3.05, 3.63) is 23.8 Å². The number of nitrogens with zero attached hydrogens (tertiary/aromatic N) is 1. The predicted molar refractivity (Wildman–Crippen MR) is 111 cm³/mol. The van der Waals surface area contributed by atoms with E-state index in [0.717, 1.165) is 31.4 Å². The molecule has 1 fully saturated rings. The van der Waals surface area contributed by atoms with E-state index < -0.39 is 5.60 Å². The number of amides is 2. The van der Waals surface area contributed by atoms with Crippen molar-refractivity contribution in [3.8, 4) is 0 Å². The number of aromatic amines is 1. The lowest BCUT2D eigenvalue weighted by molar-refractivity contribution is -0.123. The number of benzene rings is 1. The molecule has 0 aliphatic heterocycles. The lowest BCUT2D eigenvalue weighted by Crippen LogP contribution is -2.38. The summed E-state index contributed by atoms with van der Waals surface area (Å²) in [5.74, 6) is 0.153. The second-order valence-electron chi connectivity index (χ2n) is 8.37. The molecule has 7 heteroatoms. The van der Waals surface area contributed by atoms with Gasteiger partial charge in [-0.1, -0.05) is 19.3 Å². The summed E-state index contributed by atoms with van der Waals surface area (Å²) in [6.07, 6.45) is 5.33. The number of aliphatic hydroxyl groups is 1. The number of carbonyl (C=O) groups is 2. The van der Waals surface area contributed by atoms with Crippen molar-refractivity contribution in [1.82, 2.24) is 10.3 Å². The minimum Gasteiger partial charge on any atom is -0.389 e. The second-order valence-corrected chi connectivity index (χ2v) is 8.37. The molecule has 7 nitrogen and oxygen atoms in total. The standard InChI is InChI=1S/C21H30N4O3/c1-21(2,28)12-23-19(26)17-15-10-9-14(11-16(15)24-18(17)22)25(3)20(27)13-7-5-4-6-8-13/h9-11,13,24,28H,4-8,12,22H2,1-3H3,(H,23,26). The Morgan fingerprint density at radius 1 is 1.29 bits per heavy atom. The fourth-order valence-corrected chi connectivity index (χ4v) is 3.80. The number of hydrogen-bond donors (Lipinski definition) is 4. The third-order valence-corrected chi connectivity index (χ3v) is 5.39. The molecule has 1 aromatic heterocycles. The smallest absolute Gasteiger partial charge is 0.255 e. The van der Waals surface area contributed by atoms with E-state index in [2.05, 4.69) is 10.3 Å². The molecule has 5 N–H and O–H groups in total. The van der Waals surface area contributed by atoms with E-state index in [9.17, 15) is 14.7 Å². The minimum atomic E-state index is -1.01. The number of nitrogens with two attached hydrogens (primary N) is 1. The zero-order chi connectivity index (χ0) is 20.5. The van der Waals surface area contributed by atoms with Gasteiger partial charge in [0.05, 0.1) is 11.2 Å². The molecule has 152 valence electrons. The van der Waals surface area contributed by atoms with Gasteiger partial charge in [-0.25, -0.2) is 0 Å². The van der Waals surface area contributed by atoms with Crippen LogP contribution in [0.1, 0.15) is 56.3 Å². The van der Waals surface area contributed by atoms with Gasteiger partial charge in [-0.2, -0.15) is 0 Å². The monoisotopic (exact) mass is 386 g/mol. The Morgan fingerprint density at radius 2 is 1.96 bits per heavy atom. The quantitative estimate of drug-likeness (QED) is 0.633. The first-order chi connectivity index (χ1) is 13.2. The summed E-state index contributed by atoms with van der Waals surface area (Å²) in [6, 6.07) is 5.49. The molecule has 0 spiro atoms. The highest BCUT2D eigenvalue weighted by Crippen LogP contribution is 2.30. The number of H-pyrrole nitrogens is 1. The van der Waals surface area contributed by atoms with E-state index in [0.29, 0.717) is 16.5 Å². The van der Waals surface area contributed by atoms with Crippen molar-refractivity contribution < 1.29 is 14.7 Å². The Labute approximate surface area is 165 Å². The van der Waals surface area contributed by atoms with Crippen LogP contribution in [0.3, 0.4) is 0 Å². The normalized spacial score (nSPS) is 15.6. The number of anilines is 2. The number of rotatable bonds is 5. The molecule has 0 saturated heterocycles. The van der Waals surface area contributed by atoms with Crippen LogP contribution in [0.5, 0.6) is 0 Å². The molecule has 1 saturated carbocycles. The summed E-state index contributed by atoms with van der Waals surface area (Å²) in [6.45, 7) is 3.36. The van der Waals surface area contributed by atoms with Crippen LogP contribution in [-0.4, -0.2) is 41.1 Å². The van der Waals surface area contributed by atoms with Gasteiger partial charge in [-0.05, 0) is 44.9 Å². The van der Waals surface area contributed by atoms with Gasteiger partial charge in [0.25, 0.3) is 5.91 Å². The molecule has 1 aliphatic rings. The van der Waals surface area contributed by atoms with Gasteiger partial charge in [-0.3, -0.25) is 9.59 Å². The molecule has 1 aromatic carbocycles. The highest BCUT2D eigenvalue weighted by atomic mass is 16.3. The van der Waals surface area contributed by atoms with Crippen LogP contribution in [0, 0.1) is 5.92 Å². The first kappa shape index (κ1) is 20.2. The second kappa shape index (κ2) is 7.83. The highest BCUT2D eigenvalue weighted by Gasteiger charge is 2.26. The largest absolute Gasteiger partial charge is 0.389 e. The molecule has 0 radical (unpaired) electrons. The lowest BCUT2D eigenvalue weighted by atomic mass is 9.88. The predicted octanol–water partition coefficient (Wildman–Crippen LogP) is 2.79. The van der Waals surface area contributed by atoms with Crippen LogP contribution in [0.4, 0.5) is 11.5 Å².